The molecule has 0 radical (unpaired) electrons. The molecule has 1 heterocycles. The fourth-order valence-electron chi connectivity index (χ4n) is 1.86. The van der Waals surface area contributed by atoms with E-state index in [1.165, 1.54) is 0 Å². The van der Waals surface area contributed by atoms with Gasteiger partial charge in [0, 0.05) is 18.9 Å². The Morgan fingerprint density at radius 2 is 1.71 bits per heavy atom. The van der Waals surface area contributed by atoms with Crippen molar-refractivity contribution in [2.24, 2.45) is 0 Å². The number of benzene rings is 1. The van der Waals surface area contributed by atoms with Crippen molar-refractivity contribution in [1.82, 2.24) is 9.55 Å². The molecule has 0 spiro atoms. The maximum atomic E-state index is 5.81. The van der Waals surface area contributed by atoms with E-state index in [0.29, 0.717) is 6.61 Å². The zero-order valence-electron chi connectivity index (χ0n) is 12.4. The number of imidazole rings is 1. The maximum absolute atomic E-state index is 5.81. The van der Waals surface area contributed by atoms with Gasteiger partial charge in [-0.3, -0.25) is 0 Å². The summed E-state index contributed by atoms with van der Waals surface area (Å²) in [6.07, 6.45) is 8.71. The van der Waals surface area contributed by atoms with Gasteiger partial charge < -0.3 is 14.0 Å². The molecule has 2 rings (SSSR count). The third kappa shape index (κ3) is 6.08. The minimum absolute atomic E-state index is 0. The molecule has 0 aliphatic rings. The van der Waals surface area contributed by atoms with Crippen molar-refractivity contribution in [3.05, 3.63) is 43.0 Å². The average Bonchev–Trinajstić information content (AvgIpc) is 2.98. The van der Waals surface area contributed by atoms with Gasteiger partial charge in [0.1, 0.15) is 0 Å². The molecule has 0 saturated carbocycles. The van der Waals surface area contributed by atoms with Gasteiger partial charge in [0.05, 0.1) is 19.5 Å². The van der Waals surface area contributed by atoms with E-state index in [4.69, 9.17) is 9.47 Å². The summed E-state index contributed by atoms with van der Waals surface area (Å²) in [6, 6.07) is 7.86. The summed E-state index contributed by atoms with van der Waals surface area (Å²) in [5.74, 6) is 1.66. The van der Waals surface area contributed by atoms with Crippen LogP contribution in [0, 0.1) is 0 Å². The summed E-state index contributed by atoms with van der Waals surface area (Å²) in [7, 11) is 0. The number of aryl methyl sites for hydroxylation is 1. The Labute approximate surface area is 132 Å². The van der Waals surface area contributed by atoms with Crippen LogP contribution in [-0.2, 0) is 6.54 Å². The van der Waals surface area contributed by atoms with Gasteiger partial charge in [-0.15, -0.1) is 12.4 Å². The topological polar surface area (TPSA) is 36.3 Å². The Morgan fingerprint density at radius 1 is 1.05 bits per heavy atom. The Kier molecular flexibility index (Phi) is 8.36. The van der Waals surface area contributed by atoms with Crippen LogP contribution in [0.25, 0.3) is 0 Å². The minimum atomic E-state index is 0. The van der Waals surface area contributed by atoms with E-state index in [2.05, 4.69) is 11.9 Å². The van der Waals surface area contributed by atoms with Crippen LogP contribution in [-0.4, -0.2) is 22.8 Å². The van der Waals surface area contributed by atoms with Gasteiger partial charge in [0.25, 0.3) is 0 Å². The summed E-state index contributed by atoms with van der Waals surface area (Å²) >= 11 is 0. The lowest BCUT2D eigenvalue weighted by molar-refractivity contribution is 0.259. The first-order valence-corrected chi connectivity index (χ1v) is 7.20. The average molecular weight is 311 g/mol. The zero-order chi connectivity index (χ0) is 14.0. The molecular weight excluding hydrogens is 288 g/mol. The largest absolute Gasteiger partial charge is 0.490 e. The summed E-state index contributed by atoms with van der Waals surface area (Å²) in [5, 5.41) is 0. The quantitative estimate of drug-likeness (QED) is 0.658. The van der Waals surface area contributed by atoms with Crippen LogP contribution in [0.15, 0.2) is 43.0 Å². The minimum Gasteiger partial charge on any atom is -0.490 e. The van der Waals surface area contributed by atoms with Crippen molar-refractivity contribution >= 4 is 12.4 Å². The van der Waals surface area contributed by atoms with Gasteiger partial charge in [-0.1, -0.05) is 25.5 Å². The molecule has 0 N–H and O–H groups in total. The van der Waals surface area contributed by atoms with Gasteiger partial charge in [0.2, 0.25) is 0 Å². The highest BCUT2D eigenvalue weighted by atomic mass is 35.5. The summed E-state index contributed by atoms with van der Waals surface area (Å²) in [5.41, 5.74) is 0. The lowest BCUT2D eigenvalue weighted by Crippen LogP contribution is -2.05. The molecule has 5 heteroatoms. The molecule has 0 aliphatic carbocycles. The highest BCUT2D eigenvalue weighted by Crippen LogP contribution is 2.26. The Bertz CT molecular complexity index is 489. The molecule has 0 bridgehead atoms. The van der Waals surface area contributed by atoms with Crippen LogP contribution in [0.2, 0.25) is 0 Å². The zero-order valence-corrected chi connectivity index (χ0v) is 13.2. The molecule has 0 saturated heterocycles. The fourth-order valence-corrected chi connectivity index (χ4v) is 1.86. The second-order valence-corrected chi connectivity index (χ2v) is 4.65. The van der Waals surface area contributed by atoms with Gasteiger partial charge in [-0.2, -0.15) is 0 Å². The van der Waals surface area contributed by atoms with Crippen LogP contribution in [0.5, 0.6) is 11.5 Å². The van der Waals surface area contributed by atoms with Crippen LogP contribution in [0.4, 0.5) is 0 Å². The number of hydrogen-bond donors (Lipinski definition) is 0. The summed E-state index contributed by atoms with van der Waals surface area (Å²) in [4.78, 5) is 4.02. The molecule has 0 unspecified atom stereocenters. The van der Waals surface area contributed by atoms with E-state index in [1.807, 2.05) is 41.4 Å². The lowest BCUT2D eigenvalue weighted by atomic mass is 10.3. The van der Waals surface area contributed by atoms with E-state index in [-0.39, 0.29) is 12.4 Å². The normalized spacial score (nSPS) is 9.95. The summed E-state index contributed by atoms with van der Waals surface area (Å²) < 4.78 is 13.6. The van der Waals surface area contributed by atoms with Gasteiger partial charge in [0.15, 0.2) is 11.5 Å². The third-order valence-electron chi connectivity index (χ3n) is 2.98. The van der Waals surface area contributed by atoms with Gasteiger partial charge in [-0.05, 0) is 25.0 Å². The van der Waals surface area contributed by atoms with E-state index in [0.717, 1.165) is 43.9 Å². The first kappa shape index (κ1) is 17.4. The molecule has 21 heavy (non-hydrogen) atoms. The number of para-hydroxylation sites is 2. The Balaban J connectivity index is 0.00000220. The molecule has 4 nitrogen and oxygen atoms in total. The van der Waals surface area contributed by atoms with Crippen molar-refractivity contribution < 1.29 is 9.47 Å². The first-order chi connectivity index (χ1) is 9.90. The van der Waals surface area contributed by atoms with Gasteiger partial charge in [-0.25, -0.2) is 4.98 Å². The van der Waals surface area contributed by atoms with Crippen LogP contribution in [0.3, 0.4) is 0 Å². The number of hydrogen-bond acceptors (Lipinski definition) is 3. The fraction of sp³-hybridized carbons (Fsp3) is 0.438. The number of ether oxygens (including phenoxy) is 2. The number of unbranched alkanes of at least 4 members (excludes halogenated alkanes) is 1. The van der Waals surface area contributed by atoms with Crippen molar-refractivity contribution in [3.63, 3.8) is 0 Å². The maximum Gasteiger partial charge on any atom is 0.161 e. The Hall–Kier alpha value is -1.68. The van der Waals surface area contributed by atoms with Crippen LogP contribution in [0.1, 0.15) is 26.2 Å². The second kappa shape index (κ2) is 10.1. The third-order valence-corrected chi connectivity index (χ3v) is 2.98. The monoisotopic (exact) mass is 310 g/mol. The predicted octanol–water partition coefficient (Wildman–Crippen LogP) is 3.95. The predicted molar refractivity (Wildman–Crippen MR) is 86.4 cm³/mol. The first-order valence-electron chi connectivity index (χ1n) is 7.20. The van der Waals surface area contributed by atoms with Crippen molar-refractivity contribution in [2.75, 3.05) is 13.2 Å². The van der Waals surface area contributed by atoms with Crippen LogP contribution < -0.4 is 9.47 Å². The van der Waals surface area contributed by atoms with E-state index in [1.54, 1.807) is 6.20 Å². The lowest BCUT2D eigenvalue weighted by Gasteiger charge is -2.12. The number of nitrogens with zero attached hydrogens (tertiary/aromatic N) is 2. The van der Waals surface area contributed by atoms with Crippen molar-refractivity contribution in [3.8, 4) is 11.5 Å². The smallest absolute Gasteiger partial charge is 0.161 e. The second-order valence-electron chi connectivity index (χ2n) is 4.65. The molecule has 1 aromatic heterocycles. The Morgan fingerprint density at radius 3 is 2.29 bits per heavy atom. The van der Waals surface area contributed by atoms with Crippen molar-refractivity contribution in [2.45, 2.75) is 32.7 Å². The standard InChI is InChI=1S/C16H22N2O2.ClH/c1-2-3-12-19-15-7-4-5-8-16(15)20-13-6-10-18-11-9-17-14-18;/h4-5,7-9,11,14H,2-3,6,10,12-13H2,1H3;1H. The van der Waals surface area contributed by atoms with Crippen molar-refractivity contribution in [1.29, 1.82) is 0 Å². The molecule has 0 amide bonds. The molecule has 0 atom stereocenters. The summed E-state index contributed by atoms with van der Waals surface area (Å²) in [6.45, 7) is 4.49. The highest BCUT2D eigenvalue weighted by Gasteiger charge is 2.03. The molecule has 2 aromatic rings. The SMILES string of the molecule is CCCCOc1ccccc1OCCCn1ccnc1.Cl. The highest BCUT2D eigenvalue weighted by molar-refractivity contribution is 5.85. The van der Waals surface area contributed by atoms with Gasteiger partial charge >= 0.3 is 0 Å². The number of rotatable bonds is 9. The molecule has 1 aromatic carbocycles. The van der Waals surface area contributed by atoms with E-state index < -0.39 is 0 Å². The molecule has 116 valence electrons. The van der Waals surface area contributed by atoms with E-state index >= 15 is 0 Å². The van der Waals surface area contributed by atoms with Crippen LogP contribution >= 0.6 is 12.4 Å². The molecular formula is C16H23ClN2O2. The number of halogens is 1. The number of aromatic nitrogens is 2. The van der Waals surface area contributed by atoms with E-state index in [9.17, 15) is 0 Å². The molecule has 0 aliphatic heterocycles. The molecule has 0 fully saturated rings.